The number of nitrogens with zero attached hydrogens (tertiary/aromatic N) is 5. The van der Waals surface area contributed by atoms with Gasteiger partial charge in [0.15, 0.2) is 11.6 Å². The zero-order chi connectivity index (χ0) is 21.9. The highest BCUT2D eigenvalue weighted by Gasteiger charge is 2.24. The molecule has 1 saturated heterocycles. The van der Waals surface area contributed by atoms with Crippen molar-refractivity contribution in [3.63, 3.8) is 0 Å². The predicted molar refractivity (Wildman–Crippen MR) is 119 cm³/mol. The Morgan fingerprint density at radius 1 is 1.12 bits per heavy atom. The van der Waals surface area contributed by atoms with E-state index in [1.807, 2.05) is 29.2 Å². The van der Waals surface area contributed by atoms with E-state index in [-0.39, 0.29) is 11.7 Å². The third-order valence-electron chi connectivity index (χ3n) is 5.49. The molecule has 1 N–H and O–H groups in total. The van der Waals surface area contributed by atoms with Crippen LogP contribution in [0.2, 0.25) is 0 Å². The molecule has 2 aromatic heterocycles. The van der Waals surface area contributed by atoms with E-state index in [1.54, 1.807) is 36.7 Å². The number of benzene rings is 2. The second-order valence-electron chi connectivity index (χ2n) is 7.66. The van der Waals surface area contributed by atoms with Gasteiger partial charge in [0.1, 0.15) is 5.75 Å². The summed E-state index contributed by atoms with van der Waals surface area (Å²) < 4.78 is 5.99. The lowest BCUT2D eigenvalue weighted by Gasteiger charge is -2.30. The van der Waals surface area contributed by atoms with Gasteiger partial charge in [0.2, 0.25) is 5.78 Å². The Bertz CT molecular complexity index is 1280. The highest BCUT2D eigenvalue weighted by molar-refractivity contribution is 6.08. The third-order valence-corrected chi connectivity index (χ3v) is 5.49. The van der Waals surface area contributed by atoms with Crippen LogP contribution in [0.25, 0.3) is 11.0 Å². The molecule has 1 aliphatic heterocycles. The number of rotatable bonds is 5. The largest absolute Gasteiger partial charge is 0.436 e. The van der Waals surface area contributed by atoms with Gasteiger partial charge >= 0.3 is 0 Å². The van der Waals surface area contributed by atoms with Gasteiger partial charge in [0, 0.05) is 31.0 Å². The average Bonchev–Trinajstić information content (AvgIpc) is 3.29. The number of ketones is 1. The quantitative estimate of drug-likeness (QED) is 0.480. The standard InChI is InChI=1S/C24H20N6O2/c25-14-16-4-3-13-30(15-16)23-24(27-12-11-26-23)32-18-9-7-17(8-10-18)21(31)22-28-19-5-1-2-6-20(19)29-22/h1-2,5-12,16H,3-4,13,15H2,(H,28,29)/t16-/m0/s1. The molecule has 0 unspecified atom stereocenters. The van der Waals surface area contributed by atoms with Crippen LogP contribution in [0.3, 0.4) is 0 Å². The van der Waals surface area contributed by atoms with Crippen molar-refractivity contribution >= 4 is 22.6 Å². The topological polar surface area (TPSA) is 108 Å². The Kier molecular flexibility index (Phi) is 5.22. The van der Waals surface area contributed by atoms with Crippen LogP contribution in [-0.4, -0.2) is 38.8 Å². The molecule has 32 heavy (non-hydrogen) atoms. The van der Waals surface area contributed by atoms with Gasteiger partial charge in [-0.2, -0.15) is 5.26 Å². The second-order valence-corrected chi connectivity index (χ2v) is 7.66. The fourth-order valence-electron chi connectivity index (χ4n) is 3.86. The maximum atomic E-state index is 12.8. The molecular formula is C24H20N6O2. The molecule has 1 atom stereocenters. The first kappa shape index (κ1) is 19.7. The van der Waals surface area contributed by atoms with Gasteiger partial charge in [-0.3, -0.25) is 4.79 Å². The third kappa shape index (κ3) is 3.88. The zero-order valence-corrected chi connectivity index (χ0v) is 17.2. The molecule has 0 spiro atoms. The first-order valence-corrected chi connectivity index (χ1v) is 10.4. The van der Waals surface area contributed by atoms with Crippen LogP contribution >= 0.6 is 0 Å². The molecule has 3 heterocycles. The minimum absolute atomic E-state index is 0.0258. The number of para-hydroxylation sites is 2. The molecule has 1 fully saturated rings. The highest BCUT2D eigenvalue weighted by atomic mass is 16.5. The Morgan fingerprint density at radius 2 is 1.94 bits per heavy atom. The van der Waals surface area contributed by atoms with Gasteiger partial charge < -0.3 is 14.6 Å². The molecule has 8 nitrogen and oxygen atoms in total. The number of carbonyl (C=O) groups excluding carboxylic acids is 1. The maximum Gasteiger partial charge on any atom is 0.263 e. The van der Waals surface area contributed by atoms with E-state index in [0.29, 0.717) is 35.4 Å². The Morgan fingerprint density at radius 3 is 2.75 bits per heavy atom. The van der Waals surface area contributed by atoms with Gasteiger partial charge in [0.25, 0.3) is 5.88 Å². The number of nitriles is 1. The molecule has 0 amide bonds. The zero-order valence-electron chi connectivity index (χ0n) is 17.2. The van der Waals surface area contributed by atoms with Crippen molar-refractivity contribution in [3.05, 3.63) is 72.3 Å². The van der Waals surface area contributed by atoms with Gasteiger partial charge in [-0.05, 0) is 49.2 Å². The fraction of sp³-hybridized carbons (Fsp3) is 0.208. The number of H-pyrrole nitrogens is 1. The molecule has 2 aromatic carbocycles. The molecule has 0 saturated carbocycles. The summed E-state index contributed by atoms with van der Waals surface area (Å²) in [6.07, 6.45) is 5.01. The van der Waals surface area contributed by atoms with E-state index in [2.05, 4.69) is 26.0 Å². The Labute approximate surface area is 184 Å². The number of piperidine rings is 1. The van der Waals surface area contributed by atoms with Crippen LogP contribution in [-0.2, 0) is 0 Å². The van der Waals surface area contributed by atoms with E-state index in [4.69, 9.17) is 4.74 Å². The SMILES string of the molecule is N#C[C@@H]1CCCN(c2nccnc2Oc2ccc(C(=O)c3nc4ccccc4[nH]3)cc2)C1. The van der Waals surface area contributed by atoms with Crippen molar-refractivity contribution < 1.29 is 9.53 Å². The van der Waals surface area contributed by atoms with Crippen molar-refractivity contribution in [2.45, 2.75) is 12.8 Å². The number of aromatic amines is 1. The molecule has 5 rings (SSSR count). The lowest BCUT2D eigenvalue weighted by Crippen LogP contribution is -2.35. The molecule has 8 heteroatoms. The van der Waals surface area contributed by atoms with Gasteiger partial charge in [-0.25, -0.2) is 15.0 Å². The number of aromatic nitrogens is 4. The van der Waals surface area contributed by atoms with E-state index >= 15 is 0 Å². The molecule has 0 bridgehead atoms. The van der Waals surface area contributed by atoms with Crippen LogP contribution in [0.1, 0.15) is 29.0 Å². The lowest BCUT2D eigenvalue weighted by molar-refractivity contribution is 0.103. The summed E-state index contributed by atoms with van der Waals surface area (Å²) in [7, 11) is 0. The summed E-state index contributed by atoms with van der Waals surface area (Å²) in [6, 6.07) is 16.7. The molecule has 158 valence electrons. The van der Waals surface area contributed by atoms with Crippen molar-refractivity contribution in [2.24, 2.45) is 5.92 Å². The number of ether oxygens (including phenoxy) is 1. The Hall–Kier alpha value is -4.25. The normalized spacial score (nSPS) is 16.0. The summed E-state index contributed by atoms with van der Waals surface area (Å²) in [5, 5.41) is 9.28. The number of hydrogen-bond donors (Lipinski definition) is 1. The smallest absolute Gasteiger partial charge is 0.263 e. The lowest BCUT2D eigenvalue weighted by atomic mass is 10.00. The van der Waals surface area contributed by atoms with Crippen molar-refractivity contribution in [2.75, 3.05) is 18.0 Å². The number of hydrogen-bond acceptors (Lipinski definition) is 7. The van der Waals surface area contributed by atoms with Crippen LogP contribution < -0.4 is 9.64 Å². The van der Waals surface area contributed by atoms with Crippen molar-refractivity contribution in [3.8, 4) is 17.7 Å². The van der Waals surface area contributed by atoms with E-state index in [9.17, 15) is 10.1 Å². The minimum atomic E-state index is -0.191. The number of anilines is 1. The summed E-state index contributed by atoms with van der Waals surface area (Å²) >= 11 is 0. The number of fused-ring (bicyclic) bond motifs is 1. The minimum Gasteiger partial charge on any atom is -0.436 e. The summed E-state index contributed by atoms with van der Waals surface area (Å²) in [6.45, 7) is 1.41. The van der Waals surface area contributed by atoms with Gasteiger partial charge in [-0.15, -0.1) is 0 Å². The number of carbonyl (C=O) groups is 1. The summed E-state index contributed by atoms with van der Waals surface area (Å²) in [5.74, 6) is 1.62. The van der Waals surface area contributed by atoms with Crippen molar-refractivity contribution in [1.82, 2.24) is 19.9 Å². The molecule has 0 aliphatic carbocycles. The van der Waals surface area contributed by atoms with Gasteiger partial charge in [-0.1, -0.05) is 12.1 Å². The van der Waals surface area contributed by atoms with Crippen LogP contribution in [0.15, 0.2) is 60.9 Å². The molecule has 1 aliphatic rings. The first-order chi connectivity index (χ1) is 15.7. The van der Waals surface area contributed by atoms with E-state index in [0.717, 1.165) is 30.4 Å². The maximum absolute atomic E-state index is 12.8. The molecule has 0 radical (unpaired) electrons. The molecule has 4 aromatic rings. The Balaban J connectivity index is 1.34. The van der Waals surface area contributed by atoms with Crippen LogP contribution in [0.5, 0.6) is 11.6 Å². The number of nitrogens with one attached hydrogen (secondary N) is 1. The number of imidazole rings is 1. The van der Waals surface area contributed by atoms with E-state index < -0.39 is 0 Å². The monoisotopic (exact) mass is 424 g/mol. The van der Waals surface area contributed by atoms with Gasteiger partial charge in [0.05, 0.1) is 23.0 Å². The summed E-state index contributed by atoms with van der Waals surface area (Å²) in [5.41, 5.74) is 2.08. The first-order valence-electron chi connectivity index (χ1n) is 10.4. The van der Waals surface area contributed by atoms with Crippen LogP contribution in [0.4, 0.5) is 5.82 Å². The highest BCUT2D eigenvalue weighted by Crippen LogP contribution is 2.31. The van der Waals surface area contributed by atoms with Crippen molar-refractivity contribution in [1.29, 1.82) is 5.26 Å². The predicted octanol–water partition coefficient (Wildman–Crippen LogP) is 4.12. The van der Waals surface area contributed by atoms with Crippen LogP contribution in [0, 0.1) is 17.2 Å². The van der Waals surface area contributed by atoms with E-state index in [1.165, 1.54) is 0 Å². The average molecular weight is 424 g/mol. The second kappa shape index (κ2) is 8.47. The fourth-order valence-corrected chi connectivity index (χ4v) is 3.86. The molecular weight excluding hydrogens is 404 g/mol. The summed E-state index contributed by atoms with van der Waals surface area (Å²) in [4.78, 5) is 31.1.